The maximum Gasteiger partial charge on any atom is 0.232 e. The summed E-state index contributed by atoms with van der Waals surface area (Å²) in [7, 11) is -1.45. The van der Waals surface area contributed by atoms with Crippen LogP contribution in [0, 0.1) is 0 Å². The molecule has 33 heavy (non-hydrogen) atoms. The summed E-state index contributed by atoms with van der Waals surface area (Å²) >= 11 is 0. The van der Waals surface area contributed by atoms with Crippen molar-refractivity contribution in [3.8, 4) is 11.5 Å². The van der Waals surface area contributed by atoms with Gasteiger partial charge in [-0.15, -0.1) is 0 Å². The SMILES string of the molecule is COc1ccc2c(c1CN1CCC(S(C)(=O)=O)CC1)O/C(=C\c1n[nH]c3ccccc13)C2=O. The number of fused-ring (bicyclic) bond motifs is 2. The largest absolute Gasteiger partial charge is 0.496 e. The molecule has 0 saturated carbocycles. The van der Waals surface area contributed by atoms with Crippen molar-refractivity contribution >= 4 is 32.6 Å². The number of hydrogen-bond acceptors (Lipinski definition) is 7. The van der Waals surface area contributed by atoms with Crippen LogP contribution < -0.4 is 9.47 Å². The Morgan fingerprint density at radius 2 is 1.97 bits per heavy atom. The second kappa shape index (κ2) is 8.31. The third kappa shape index (κ3) is 4.02. The lowest BCUT2D eigenvalue weighted by Crippen LogP contribution is -2.38. The van der Waals surface area contributed by atoms with Crippen molar-refractivity contribution < 1.29 is 22.7 Å². The Kier molecular flexibility index (Phi) is 5.46. The molecule has 0 amide bonds. The summed E-state index contributed by atoms with van der Waals surface area (Å²) in [4.78, 5) is 15.3. The summed E-state index contributed by atoms with van der Waals surface area (Å²) in [5.41, 5.74) is 2.80. The number of carbonyl (C=O) groups is 1. The average molecular weight is 468 g/mol. The highest BCUT2D eigenvalue weighted by Crippen LogP contribution is 2.41. The molecule has 8 nitrogen and oxygen atoms in total. The molecule has 0 unspecified atom stereocenters. The van der Waals surface area contributed by atoms with Crippen LogP contribution >= 0.6 is 0 Å². The summed E-state index contributed by atoms with van der Waals surface area (Å²) in [6.45, 7) is 1.82. The molecule has 1 fully saturated rings. The minimum Gasteiger partial charge on any atom is -0.496 e. The van der Waals surface area contributed by atoms with Crippen LogP contribution in [0.25, 0.3) is 17.0 Å². The number of aromatic nitrogens is 2. The number of hydrogen-bond donors (Lipinski definition) is 1. The summed E-state index contributed by atoms with van der Waals surface area (Å²) in [6.07, 6.45) is 4.14. The van der Waals surface area contributed by atoms with E-state index in [0.717, 1.165) is 16.5 Å². The molecule has 172 valence electrons. The van der Waals surface area contributed by atoms with Crippen molar-refractivity contribution in [2.24, 2.45) is 0 Å². The van der Waals surface area contributed by atoms with Crippen molar-refractivity contribution in [3.63, 3.8) is 0 Å². The van der Waals surface area contributed by atoms with Crippen molar-refractivity contribution in [1.29, 1.82) is 0 Å². The standard InChI is InChI=1S/C24H25N3O5S/c1-31-21-8-7-17-23(28)22(13-20-16-5-3-4-6-19(16)25-26-20)32-24(17)18(21)14-27-11-9-15(10-12-27)33(2,29)30/h3-8,13,15H,9-12,14H2,1-2H3,(H,25,26)/b22-13-. The number of nitrogens with zero attached hydrogens (tertiary/aromatic N) is 2. The number of benzene rings is 2. The quantitative estimate of drug-likeness (QED) is 0.575. The first kappa shape index (κ1) is 21.7. The number of aromatic amines is 1. The zero-order chi connectivity index (χ0) is 23.2. The van der Waals surface area contributed by atoms with E-state index < -0.39 is 9.84 Å². The molecular formula is C24H25N3O5S. The van der Waals surface area contributed by atoms with Crippen LogP contribution in [0.5, 0.6) is 11.5 Å². The highest BCUT2D eigenvalue weighted by molar-refractivity contribution is 7.91. The number of rotatable bonds is 5. The highest BCUT2D eigenvalue weighted by Gasteiger charge is 2.33. The molecule has 1 N–H and O–H groups in total. The van der Waals surface area contributed by atoms with Gasteiger partial charge in [0.15, 0.2) is 5.76 Å². The Balaban J connectivity index is 1.43. The van der Waals surface area contributed by atoms with Gasteiger partial charge in [-0.05, 0) is 44.1 Å². The highest BCUT2D eigenvalue weighted by atomic mass is 32.2. The number of piperidine rings is 1. The minimum absolute atomic E-state index is 0.197. The normalized spacial score (nSPS) is 18.6. The summed E-state index contributed by atoms with van der Waals surface area (Å²) in [5, 5.41) is 7.89. The molecule has 0 atom stereocenters. The molecule has 3 aromatic rings. The number of methoxy groups -OCH3 is 1. The smallest absolute Gasteiger partial charge is 0.232 e. The first-order valence-electron chi connectivity index (χ1n) is 10.8. The Hall–Kier alpha value is -3.17. The molecule has 1 aromatic heterocycles. The van der Waals surface area contributed by atoms with Gasteiger partial charge in [0.2, 0.25) is 5.78 Å². The van der Waals surface area contributed by atoms with E-state index in [9.17, 15) is 13.2 Å². The fourth-order valence-electron chi connectivity index (χ4n) is 4.57. The average Bonchev–Trinajstić information content (AvgIpc) is 3.35. The summed E-state index contributed by atoms with van der Waals surface area (Å²) in [5.74, 6) is 1.15. The number of sulfone groups is 1. The number of ketones is 1. The molecule has 0 radical (unpaired) electrons. The van der Waals surface area contributed by atoms with E-state index in [2.05, 4.69) is 15.1 Å². The van der Waals surface area contributed by atoms with Crippen molar-refractivity contribution in [3.05, 3.63) is 59.0 Å². The van der Waals surface area contributed by atoms with E-state index in [0.29, 0.717) is 55.2 Å². The maximum absolute atomic E-state index is 13.1. The molecular weight excluding hydrogens is 442 g/mol. The van der Waals surface area contributed by atoms with E-state index in [1.807, 2.05) is 24.3 Å². The van der Waals surface area contributed by atoms with E-state index in [-0.39, 0.29) is 16.8 Å². The number of ether oxygens (including phenoxy) is 2. The second-order valence-corrected chi connectivity index (χ2v) is 10.8. The molecule has 1 saturated heterocycles. The minimum atomic E-state index is -3.04. The van der Waals surface area contributed by atoms with Crippen molar-refractivity contribution in [1.82, 2.24) is 15.1 Å². The zero-order valence-corrected chi connectivity index (χ0v) is 19.3. The van der Waals surface area contributed by atoms with E-state index in [1.54, 1.807) is 25.3 Å². The predicted octanol–water partition coefficient (Wildman–Crippen LogP) is 3.20. The van der Waals surface area contributed by atoms with E-state index in [4.69, 9.17) is 9.47 Å². The van der Waals surface area contributed by atoms with Gasteiger partial charge in [0.25, 0.3) is 0 Å². The molecule has 3 heterocycles. The van der Waals surface area contributed by atoms with E-state index >= 15 is 0 Å². The number of nitrogens with one attached hydrogen (secondary N) is 1. The third-order valence-electron chi connectivity index (χ3n) is 6.41. The molecule has 0 aliphatic carbocycles. The molecule has 0 spiro atoms. The summed E-state index contributed by atoms with van der Waals surface area (Å²) < 4.78 is 35.4. The number of allylic oxidation sites excluding steroid dienone is 1. The topological polar surface area (TPSA) is 102 Å². The Morgan fingerprint density at radius 1 is 1.21 bits per heavy atom. The molecule has 2 aromatic carbocycles. The van der Waals surface area contributed by atoms with Gasteiger partial charge in [-0.3, -0.25) is 14.8 Å². The van der Waals surface area contributed by atoms with Gasteiger partial charge in [-0.1, -0.05) is 18.2 Å². The lowest BCUT2D eigenvalue weighted by atomic mass is 10.0. The van der Waals surface area contributed by atoms with Gasteiger partial charge >= 0.3 is 0 Å². The van der Waals surface area contributed by atoms with Crippen LogP contribution in [0.4, 0.5) is 0 Å². The van der Waals surface area contributed by atoms with Gasteiger partial charge in [0, 0.05) is 24.3 Å². The fraction of sp³-hybridized carbons (Fsp3) is 0.333. The van der Waals surface area contributed by atoms with Gasteiger partial charge in [0.05, 0.1) is 34.7 Å². The van der Waals surface area contributed by atoms with Crippen LogP contribution in [0.1, 0.15) is 34.5 Å². The molecule has 2 aliphatic heterocycles. The van der Waals surface area contributed by atoms with Gasteiger partial charge in [-0.25, -0.2) is 8.42 Å². The lowest BCUT2D eigenvalue weighted by molar-refractivity contribution is 0.101. The third-order valence-corrected chi connectivity index (χ3v) is 8.09. The summed E-state index contributed by atoms with van der Waals surface area (Å²) in [6, 6.07) is 11.2. The predicted molar refractivity (Wildman–Crippen MR) is 125 cm³/mol. The van der Waals surface area contributed by atoms with Crippen LogP contribution in [-0.2, 0) is 16.4 Å². The monoisotopic (exact) mass is 467 g/mol. The first-order valence-corrected chi connectivity index (χ1v) is 12.8. The maximum atomic E-state index is 13.1. The van der Waals surface area contributed by atoms with Crippen molar-refractivity contribution in [2.75, 3.05) is 26.5 Å². The van der Waals surface area contributed by atoms with Crippen LogP contribution in [0.15, 0.2) is 42.2 Å². The Bertz CT molecular complexity index is 1370. The van der Waals surface area contributed by atoms with Crippen LogP contribution in [0.2, 0.25) is 0 Å². The Labute approximate surface area is 192 Å². The molecule has 5 rings (SSSR count). The van der Waals surface area contributed by atoms with Crippen LogP contribution in [0.3, 0.4) is 0 Å². The lowest BCUT2D eigenvalue weighted by Gasteiger charge is -2.31. The van der Waals surface area contributed by atoms with Gasteiger partial charge in [0.1, 0.15) is 21.3 Å². The number of likely N-dealkylation sites (tertiary alicyclic amines) is 1. The Morgan fingerprint density at radius 3 is 2.70 bits per heavy atom. The first-order chi connectivity index (χ1) is 15.8. The number of carbonyl (C=O) groups excluding carboxylic acids is 1. The van der Waals surface area contributed by atoms with Crippen LogP contribution in [-0.4, -0.2) is 61.0 Å². The molecule has 9 heteroatoms. The fourth-order valence-corrected chi connectivity index (χ4v) is 5.64. The number of H-pyrrole nitrogens is 1. The second-order valence-electron chi connectivity index (χ2n) is 8.52. The number of para-hydroxylation sites is 1. The van der Waals surface area contributed by atoms with E-state index in [1.165, 1.54) is 6.26 Å². The number of Topliss-reactive ketones (excluding diaryl/α,β-unsaturated/α-hetero) is 1. The van der Waals surface area contributed by atoms with Gasteiger partial charge in [-0.2, -0.15) is 5.10 Å². The molecule has 2 aliphatic rings. The zero-order valence-electron chi connectivity index (χ0n) is 18.5. The van der Waals surface area contributed by atoms with Gasteiger partial charge < -0.3 is 9.47 Å². The van der Waals surface area contributed by atoms with Crippen molar-refractivity contribution in [2.45, 2.75) is 24.6 Å². The molecule has 0 bridgehead atoms.